The highest BCUT2D eigenvalue weighted by atomic mass is 79.9. The van der Waals surface area contributed by atoms with Gasteiger partial charge >= 0.3 is 5.97 Å². The molecule has 1 atom stereocenters. The van der Waals surface area contributed by atoms with Crippen molar-refractivity contribution in [2.75, 3.05) is 12.0 Å². The molecule has 5 nitrogen and oxygen atoms in total. The molecule has 2 N–H and O–H groups in total. The molecule has 0 aliphatic rings. The average molecular weight is 335 g/mol. The van der Waals surface area contributed by atoms with Crippen molar-refractivity contribution in [2.24, 2.45) is 7.05 Å². The number of nitrogens with zero attached hydrogens (tertiary/aromatic N) is 1. The van der Waals surface area contributed by atoms with Crippen molar-refractivity contribution < 1.29 is 14.7 Å². The van der Waals surface area contributed by atoms with Gasteiger partial charge < -0.3 is 15.0 Å². The number of thioether (sulfide) groups is 1. The third-order valence-corrected chi connectivity index (χ3v) is 3.50. The molecule has 100 valence electrons. The smallest absolute Gasteiger partial charge is 0.326 e. The maximum atomic E-state index is 11.9. The molecular formula is C11H15BrN2O3S. The Morgan fingerprint density at radius 2 is 2.28 bits per heavy atom. The molecule has 1 unspecified atom stereocenters. The minimum atomic E-state index is -1.01. The number of carboxylic acids is 1. The van der Waals surface area contributed by atoms with Gasteiger partial charge in [0.15, 0.2) is 0 Å². The van der Waals surface area contributed by atoms with Gasteiger partial charge in [0.2, 0.25) is 0 Å². The molecule has 1 aromatic rings. The maximum absolute atomic E-state index is 11.9. The van der Waals surface area contributed by atoms with Gasteiger partial charge in [-0.15, -0.1) is 0 Å². The summed E-state index contributed by atoms with van der Waals surface area (Å²) in [6.45, 7) is 0. The second kappa shape index (κ2) is 6.84. The number of aliphatic carboxylic acids is 1. The molecule has 0 aliphatic heterocycles. The highest BCUT2D eigenvalue weighted by molar-refractivity contribution is 9.10. The largest absolute Gasteiger partial charge is 0.480 e. The fraction of sp³-hybridized carbons (Fsp3) is 0.455. The van der Waals surface area contributed by atoms with Gasteiger partial charge in [-0.1, -0.05) is 0 Å². The number of hydrogen-bond donors (Lipinski definition) is 2. The second-order valence-electron chi connectivity index (χ2n) is 3.80. The van der Waals surface area contributed by atoms with Crippen molar-refractivity contribution in [1.82, 2.24) is 9.88 Å². The molecule has 0 spiro atoms. The Morgan fingerprint density at radius 3 is 2.72 bits per heavy atom. The van der Waals surface area contributed by atoms with E-state index < -0.39 is 12.0 Å². The molecule has 0 aliphatic carbocycles. The van der Waals surface area contributed by atoms with Gasteiger partial charge in [-0.05, 0) is 40.4 Å². The topological polar surface area (TPSA) is 71.3 Å². The van der Waals surface area contributed by atoms with Crippen LogP contribution in [0.5, 0.6) is 0 Å². The molecule has 7 heteroatoms. The van der Waals surface area contributed by atoms with Gasteiger partial charge in [-0.3, -0.25) is 4.79 Å². The maximum Gasteiger partial charge on any atom is 0.326 e. The van der Waals surface area contributed by atoms with Crippen molar-refractivity contribution in [3.63, 3.8) is 0 Å². The monoisotopic (exact) mass is 334 g/mol. The number of nitrogens with one attached hydrogen (secondary N) is 1. The first-order valence-corrected chi connectivity index (χ1v) is 7.49. The molecule has 1 amide bonds. The number of carboxylic acid groups (broad SMARTS) is 1. The van der Waals surface area contributed by atoms with Crippen LogP contribution >= 0.6 is 27.7 Å². The van der Waals surface area contributed by atoms with E-state index in [-0.39, 0.29) is 5.91 Å². The minimum absolute atomic E-state index is 0.378. The van der Waals surface area contributed by atoms with Crippen molar-refractivity contribution in [3.05, 3.63) is 22.4 Å². The standard InChI is InChI=1S/C11H15BrN2O3S/c1-14-6-7(12)5-9(14)10(15)13-8(11(16)17)3-4-18-2/h5-6,8H,3-4H2,1-2H3,(H,13,15)(H,16,17). The molecule has 1 heterocycles. The molecule has 18 heavy (non-hydrogen) atoms. The number of carbonyl (C=O) groups excluding carboxylic acids is 1. The summed E-state index contributed by atoms with van der Waals surface area (Å²) in [6, 6.07) is 0.807. The third kappa shape index (κ3) is 4.06. The number of halogens is 1. The van der Waals surface area contributed by atoms with E-state index in [1.807, 2.05) is 6.26 Å². The van der Waals surface area contributed by atoms with E-state index in [4.69, 9.17) is 5.11 Å². The quantitative estimate of drug-likeness (QED) is 0.830. The van der Waals surface area contributed by atoms with Crippen molar-refractivity contribution in [1.29, 1.82) is 0 Å². The van der Waals surface area contributed by atoms with Crippen molar-refractivity contribution in [2.45, 2.75) is 12.5 Å². The summed E-state index contributed by atoms with van der Waals surface area (Å²) >= 11 is 4.82. The average Bonchev–Trinajstić information content (AvgIpc) is 2.63. The van der Waals surface area contributed by atoms with Gasteiger partial charge in [-0.2, -0.15) is 11.8 Å². The highest BCUT2D eigenvalue weighted by Crippen LogP contribution is 2.14. The summed E-state index contributed by atoms with van der Waals surface area (Å²) in [6.07, 6.45) is 4.05. The predicted octanol–water partition coefficient (Wildman–Crippen LogP) is 1.72. The molecule has 0 fully saturated rings. The lowest BCUT2D eigenvalue weighted by atomic mass is 10.2. The van der Waals surface area contributed by atoms with Crippen molar-refractivity contribution in [3.8, 4) is 0 Å². The van der Waals surface area contributed by atoms with E-state index in [1.165, 1.54) is 0 Å². The molecule has 0 saturated heterocycles. The van der Waals surface area contributed by atoms with Crippen LogP contribution in [-0.4, -0.2) is 39.6 Å². The molecule has 0 saturated carbocycles. The Balaban J connectivity index is 2.72. The second-order valence-corrected chi connectivity index (χ2v) is 5.70. The summed E-state index contributed by atoms with van der Waals surface area (Å²) < 4.78 is 2.43. The third-order valence-electron chi connectivity index (χ3n) is 2.42. The molecule has 1 aromatic heterocycles. The molecular weight excluding hydrogens is 320 g/mol. The number of aryl methyl sites for hydroxylation is 1. The summed E-state index contributed by atoms with van der Waals surface area (Å²) in [5.74, 6) is -0.698. The fourth-order valence-corrected chi connectivity index (χ4v) is 2.47. The van der Waals surface area contributed by atoms with Crippen LogP contribution in [0.1, 0.15) is 16.9 Å². The van der Waals surface area contributed by atoms with E-state index in [1.54, 1.807) is 35.6 Å². The summed E-state index contributed by atoms with van der Waals surface area (Å²) in [5, 5.41) is 11.6. The Morgan fingerprint density at radius 1 is 1.61 bits per heavy atom. The first-order valence-electron chi connectivity index (χ1n) is 5.30. The van der Waals surface area contributed by atoms with Crippen LogP contribution in [0.4, 0.5) is 0 Å². The van der Waals surface area contributed by atoms with Crippen LogP contribution < -0.4 is 5.32 Å². The number of hydrogen-bond acceptors (Lipinski definition) is 3. The Labute approximate surface area is 118 Å². The van der Waals surface area contributed by atoms with E-state index in [9.17, 15) is 9.59 Å². The first-order chi connectivity index (χ1) is 8.45. The summed E-state index contributed by atoms with van der Waals surface area (Å²) in [5.41, 5.74) is 0.428. The van der Waals surface area contributed by atoms with Gasteiger partial charge in [0.1, 0.15) is 11.7 Å². The van der Waals surface area contributed by atoms with Crippen molar-refractivity contribution >= 4 is 39.6 Å². The van der Waals surface area contributed by atoms with E-state index >= 15 is 0 Å². The predicted molar refractivity (Wildman–Crippen MR) is 75.0 cm³/mol. The molecule has 0 radical (unpaired) electrons. The lowest BCUT2D eigenvalue weighted by Crippen LogP contribution is -2.41. The normalized spacial score (nSPS) is 12.2. The van der Waals surface area contributed by atoms with E-state index in [0.717, 1.165) is 4.47 Å². The fourth-order valence-electron chi connectivity index (χ4n) is 1.48. The zero-order valence-electron chi connectivity index (χ0n) is 10.1. The Hall–Kier alpha value is -0.950. The van der Waals surface area contributed by atoms with Gasteiger partial charge in [0.25, 0.3) is 5.91 Å². The van der Waals surface area contributed by atoms with Crippen LogP contribution in [0, 0.1) is 0 Å². The lowest BCUT2D eigenvalue weighted by molar-refractivity contribution is -0.139. The minimum Gasteiger partial charge on any atom is -0.480 e. The lowest BCUT2D eigenvalue weighted by Gasteiger charge is -2.14. The zero-order valence-corrected chi connectivity index (χ0v) is 12.5. The first kappa shape index (κ1) is 15.1. The highest BCUT2D eigenvalue weighted by Gasteiger charge is 2.21. The van der Waals surface area contributed by atoms with Crippen LogP contribution in [0.15, 0.2) is 16.7 Å². The van der Waals surface area contributed by atoms with E-state index in [0.29, 0.717) is 17.9 Å². The molecule has 0 aromatic carbocycles. The Kier molecular flexibility index (Phi) is 5.74. The Bertz CT molecular complexity index is 447. The van der Waals surface area contributed by atoms with Gasteiger partial charge in [-0.25, -0.2) is 4.79 Å². The van der Waals surface area contributed by atoms with Crippen LogP contribution in [0.2, 0.25) is 0 Å². The van der Waals surface area contributed by atoms with Gasteiger partial charge in [0.05, 0.1) is 0 Å². The number of carbonyl (C=O) groups is 2. The number of rotatable bonds is 6. The molecule has 0 bridgehead atoms. The zero-order chi connectivity index (χ0) is 13.7. The summed E-state index contributed by atoms with van der Waals surface area (Å²) in [7, 11) is 1.73. The number of amides is 1. The molecule has 1 rings (SSSR count). The SMILES string of the molecule is CSCCC(NC(=O)c1cc(Br)cn1C)C(=O)O. The van der Waals surface area contributed by atoms with E-state index in [2.05, 4.69) is 21.2 Å². The van der Waals surface area contributed by atoms with Crippen LogP contribution in [0.25, 0.3) is 0 Å². The van der Waals surface area contributed by atoms with Crippen LogP contribution in [0.3, 0.4) is 0 Å². The number of aromatic nitrogens is 1. The van der Waals surface area contributed by atoms with Gasteiger partial charge in [0, 0.05) is 17.7 Å². The summed E-state index contributed by atoms with van der Waals surface area (Å²) in [4.78, 5) is 23.0. The van der Waals surface area contributed by atoms with Crippen LogP contribution in [-0.2, 0) is 11.8 Å².